The number of para-hydroxylation sites is 1. The molecule has 1 heterocycles. The molecule has 0 saturated carbocycles. The van der Waals surface area contributed by atoms with Gasteiger partial charge in [0.15, 0.2) is 0 Å². The maximum Gasteiger partial charge on any atom is 0.335 e. The molecule has 0 atom stereocenters. The highest BCUT2D eigenvalue weighted by molar-refractivity contribution is 6.39. The first-order valence-electron chi connectivity index (χ1n) is 12.6. The van der Waals surface area contributed by atoms with Crippen molar-refractivity contribution in [2.75, 3.05) is 4.90 Å². The smallest absolute Gasteiger partial charge is 0.335 e. The van der Waals surface area contributed by atoms with E-state index in [-0.39, 0.29) is 5.57 Å². The van der Waals surface area contributed by atoms with E-state index in [4.69, 9.17) is 4.74 Å². The van der Waals surface area contributed by atoms with Crippen molar-refractivity contribution in [3.8, 4) is 5.75 Å². The molecular formula is C33H24N2O4. The predicted octanol–water partition coefficient (Wildman–Crippen LogP) is 6.55. The van der Waals surface area contributed by atoms with Crippen LogP contribution in [0.5, 0.6) is 5.75 Å². The van der Waals surface area contributed by atoms with Crippen molar-refractivity contribution in [2.24, 2.45) is 0 Å². The molecule has 0 aliphatic carbocycles. The van der Waals surface area contributed by atoms with E-state index in [1.54, 1.807) is 25.1 Å². The molecular weight excluding hydrogens is 488 g/mol. The largest absolute Gasteiger partial charge is 0.488 e. The van der Waals surface area contributed by atoms with Crippen LogP contribution >= 0.6 is 0 Å². The van der Waals surface area contributed by atoms with Crippen LogP contribution in [0, 0.1) is 6.92 Å². The molecule has 1 saturated heterocycles. The zero-order valence-electron chi connectivity index (χ0n) is 21.2. The second-order valence-corrected chi connectivity index (χ2v) is 9.37. The Morgan fingerprint density at radius 1 is 0.744 bits per heavy atom. The molecule has 0 aromatic heterocycles. The Bertz CT molecular complexity index is 1820. The Labute approximate surface area is 225 Å². The van der Waals surface area contributed by atoms with Gasteiger partial charge in [0.2, 0.25) is 0 Å². The minimum atomic E-state index is -0.776. The zero-order valence-corrected chi connectivity index (χ0v) is 21.2. The minimum Gasteiger partial charge on any atom is -0.488 e. The van der Waals surface area contributed by atoms with Gasteiger partial charge in [-0.1, -0.05) is 91.0 Å². The lowest BCUT2D eigenvalue weighted by molar-refractivity contribution is -0.122. The third-order valence-corrected chi connectivity index (χ3v) is 6.94. The van der Waals surface area contributed by atoms with Crippen LogP contribution in [0.1, 0.15) is 16.7 Å². The first kappa shape index (κ1) is 24.1. The average Bonchev–Trinajstić information content (AvgIpc) is 2.95. The van der Waals surface area contributed by atoms with Crippen LogP contribution in [0.15, 0.2) is 109 Å². The molecule has 1 fully saturated rings. The van der Waals surface area contributed by atoms with Gasteiger partial charge in [0.1, 0.15) is 17.9 Å². The maximum absolute atomic E-state index is 13.6. The standard InChI is InChI=1S/C33H24N2O4/c1-21-9-2-7-16-29(21)35-32(37)28(31(36)34-33(35)38)19-27-26-15-6-4-11-23(26)17-18-30(27)39-20-24-13-8-12-22-10-3-5-14-25(22)24/h2-19H,20H2,1H3,(H,34,36,38)/b28-19+. The molecule has 39 heavy (non-hydrogen) atoms. The fraction of sp³-hybridized carbons (Fsp3) is 0.0606. The van der Waals surface area contributed by atoms with Crippen LogP contribution in [0.25, 0.3) is 27.6 Å². The normalized spacial score (nSPS) is 14.7. The molecule has 0 spiro atoms. The SMILES string of the molecule is Cc1ccccc1N1C(=O)NC(=O)/C(=C\c2c(OCc3cccc4ccccc34)ccc3ccccc23)C1=O. The molecule has 4 amide bonds. The minimum absolute atomic E-state index is 0.149. The number of benzene rings is 5. The average molecular weight is 513 g/mol. The molecule has 0 radical (unpaired) electrons. The van der Waals surface area contributed by atoms with Crippen LogP contribution in [0.3, 0.4) is 0 Å². The lowest BCUT2D eigenvalue weighted by Crippen LogP contribution is -2.54. The van der Waals surface area contributed by atoms with Gasteiger partial charge >= 0.3 is 6.03 Å². The number of fused-ring (bicyclic) bond motifs is 2. The van der Waals surface area contributed by atoms with E-state index in [0.717, 1.165) is 37.6 Å². The number of carbonyl (C=O) groups is 3. The number of nitrogens with one attached hydrogen (secondary N) is 1. The summed E-state index contributed by atoms with van der Waals surface area (Å²) in [5, 5.41) is 6.28. The number of nitrogens with zero attached hydrogens (tertiary/aromatic N) is 1. The number of rotatable bonds is 5. The lowest BCUT2D eigenvalue weighted by atomic mass is 9.99. The van der Waals surface area contributed by atoms with Crippen LogP contribution in [0.4, 0.5) is 10.5 Å². The van der Waals surface area contributed by atoms with Crippen molar-refractivity contribution >= 4 is 51.2 Å². The number of hydrogen-bond donors (Lipinski definition) is 1. The van der Waals surface area contributed by atoms with E-state index in [0.29, 0.717) is 23.6 Å². The molecule has 5 aromatic carbocycles. The molecule has 190 valence electrons. The quantitative estimate of drug-likeness (QED) is 0.214. The first-order chi connectivity index (χ1) is 19.0. The van der Waals surface area contributed by atoms with Crippen molar-refractivity contribution in [3.63, 3.8) is 0 Å². The molecule has 6 rings (SSSR count). The van der Waals surface area contributed by atoms with E-state index < -0.39 is 17.8 Å². The third-order valence-electron chi connectivity index (χ3n) is 6.94. The van der Waals surface area contributed by atoms with Gasteiger partial charge in [-0.15, -0.1) is 0 Å². The summed E-state index contributed by atoms with van der Waals surface area (Å²) in [4.78, 5) is 40.3. The van der Waals surface area contributed by atoms with Crippen LogP contribution in [0.2, 0.25) is 0 Å². The highest BCUT2D eigenvalue weighted by Crippen LogP contribution is 2.33. The van der Waals surface area contributed by atoms with E-state index in [9.17, 15) is 14.4 Å². The summed E-state index contributed by atoms with van der Waals surface area (Å²) in [5.41, 5.74) is 2.61. The fourth-order valence-electron chi connectivity index (χ4n) is 4.96. The van der Waals surface area contributed by atoms with Gasteiger partial charge in [0.25, 0.3) is 11.8 Å². The maximum atomic E-state index is 13.6. The second kappa shape index (κ2) is 9.91. The second-order valence-electron chi connectivity index (χ2n) is 9.37. The Balaban J connectivity index is 1.44. The van der Waals surface area contributed by atoms with Crippen LogP contribution < -0.4 is 15.0 Å². The summed E-state index contributed by atoms with van der Waals surface area (Å²) >= 11 is 0. The van der Waals surface area contributed by atoms with Crippen LogP contribution in [-0.2, 0) is 16.2 Å². The Morgan fingerprint density at radius 2 is 1.41 bits per heavy atom. The molecule has 1 aliphatic heterocycles. The number of imide groups is 2. The summed E-state index contributed by atoms with van der Waals surface area (Å²) in [5.74, 6) is -0.914. The van der Waals surface area contributed by atoms with Crippen molar-refractivity contribution in [1.82, 2.24) is 5.32 Å². The summed E-state index contributed by atoms with van der Waals surface area (Å²) in [6.07, 6.45) is 1.52. The van der Waals surface area contributed by atoms with Crippen molar-refractivity contribution < 1.29 is 19.1 Å². The number of carbonyl (C=O) groups excluding carboxylic acids is 3. The Morgan fingerprint density at radius 3 is 2.21 bits per heavy atom. The number of amides is 4. The van der Waals surface area contributed by atoms with Gasteiger partial charge in [0, 0.05) is 5.56 Å². The van der Waals surface area contributed by atoms with Gasteiger partial charge in [-0.05, 0) is 57.8 Å². The van der Waals surface area contributed by atoms with E-state index >= 15 is 0 Å². The molecule has 1 N–H and O–H groups in total. The number of ether oxygens (including phenoxy) is 1. The molecule has 5 aromatic rings. The molecule has 0 unspecified atom stereocenters. The van der Waals surface area contributed by atoms with Gasteiger partial charge < -0.3 is 4.74 Å². The summed E-state index contributed by atoms with van der Waals surface area (Å²) in [7, 11) is 0. The van der Waals surface area contributed by atoms with Crippen molar-refractivity contribution in [3.05, 3.63) is 125 Å². The van der Waals surface area contributed by atoms with Crippen LogP contribution in [-0.4, -0.2) is 17.8 Å². The van der Waals surface area contributed by atoms with E-state index in [1.165, 1.54) is 6.08 Å². The molecule has 1 aliphatic rings. The number of hydrogen-bond acceptors (Lipinski definition) is 4. The predicted molar refractivity (Wildman–Crippen MR) is 152 cm³/mol. The third kappa shape index (κ3) is 4.42. The number of anilines is 1. The highest BCUT2D eigenvalue weighted by Gasteiger charge is 2.37. The highest BCUT2D eigenvalue weighted by atomic mass is 16.5. The fourth-order valence-corrected chi connectivity index (χ4v) is 4.96. The first-order valence-corrected chi connectivity index (χ1v) is 12.6. The van der Waals surface area contributed by atoms with Gasteiger partial charge in [0.05, 0.1) is 5.69 Å². The van der Waals surface area contributed by atoms with Crippen molar-refractivity contribution in [1.29, 1.82) is 0 Å². The Hall–Kier alpha value is -5.23. The summed E-state index contributed by atoms with van der Waals surface area (Å²) in [6, 6.07) is 31.9. The summed E-state index contributed by atoms with van der Waals surface area (Å²) in [6.45, 7) is 2.10. The Kier molecular flexibility index (Phi) is 6.13. The topological polar surface area (TPSA) is 75.7 Å². The van der Waals surface area contributed by atoms with Gasteiger partial charge in [-0.25, -0.2) is 9.69 Å². The monoisotopic (exact) mass is 512 g/mol. The summed E-state index contributed by atoms with van der Waals surface area (Å²) < 4.78 is 6.34. The lowest BCUT2D eigenvalue weighted by Gasteiger charge is -2.27. The number of barbiturate groups is 1. The molecule has 0 bridgehead atoms. The van der Waals surface area contributed by atoms with E-state index in [1.807, 2.05) is 66.7 Å². The molecule has 6 heteroatoms. The van der Waals surface area contributed by atoms with Crippen molar-refractivity contribution in [2.45, 2.75) is 13.5 Å². The number of aryl methyl sites for hydroxylation is 1. The zero-order chi connectivity index (χ0) is 26.9. The van der Waals surface area contributed by atoms with Gasteiger partial charge in [-0.2, -0.15) is 0 Å². The van der Waals surface area contributed by atoms with E-state index in [2.05, 4.69) is 23.5 Å². The van der Waals surface area contributed by atoms with Gasteiger partial charge in [-0.3, -0.25) is 14.9 Å². The number of urea groups is 1. The molecule has 6 nitrogen and oxygen atoms in total.